The molecule has 5 heteroatoms. The molecule has 5 nitrogen and oxygen atoms in total. The summed E-state index contributed by atoms with van der Waals surface area (Å²) in [5, 5.41) is 8.99. The number of carbonyl (C=O) groups is 2. The summed E-state index contributed by atoms with van der Waals surface area (Å²) in [6.07, 6.45) is 0.0172. The van der Waals surface area contributed by atoms with Crippen LogP contribution in [0.1, 0.15) is 30.4 Å². The van der Waals surface area contributed by atoms with E-state index >= 15 is 0 Å². The van der Waals surface area contributed by atoms with E-state index in [0.717, 1.165) is 11.1 Å². The zero-order valence-corrected chi connectivity index (χ0v) is 11.3. The van der Waals surface area contributed by atoms with Gasteiger partial charge in [-0.1, -0.05) is 6.07 Å². The number of amides is 1. The van der Waals surface area contributed by atoms with E-state index in [-0.39, 0.29) is 18.2 Å². The lowest BCUT2D eigenvalue weighted by atomic mass is 9.96. The normalized spacial score (nSPS) is 17.2. The average Bonchev–Trinajstić information content (AvgIpc) is 2.66. The van der Waals surface area contributed by atoms with E-state index in [1.165, 1.54) is 6.92 Å². The summed E-state index contributed by atoms with van der Waals surface area (Å²) in [5.41, 5.74) is 2.60. The summed E-state index contributed by atoms with van der Waals surface area (Å²) in [7, 11) is 1.55. The van der Waals surface area contributed by atoms with Crippen LogP contribution in [0.5, 0.6) is 5.75 Å². The Morgan fingerprint density at radius 2 is 2.16 bits per heavy atom. The van der Waals surface area contributed by atoms with E-state index in [1.807, 2.05) is 19.1 Å². The van der Waals surface area contributed by atoms with Gasteiger partial charge in [0.1, 0.15) is 5.75 Å². The molecule has 1 N–H and O–H groups in total. The molecular weight excluding hydrogens is 246 g/mol. The number of rotatable bonds is 3. The maximum absolute atomic E-state index is 11.7. The first-order valence-corrected chi connectivity index (χ1v) is 6.12. The van der Waals surface area contributed by atoms with Crippen molar-refractivity contribution in [1.29, 1.82) is 0 Å². The van der Waals surface area contributed by atoms with Gasteiger partial charge in [-0.15, -0.1) is 0 Å². The molecule has 0 radical (unpaired) electrons. The van der Waals surface area contributed by atoms with E-state index in [4.69, 9.17) is 9.84 Å². The van der Waals surface area contributed by atoms with Crippen LogP contribution in [-0.2, 0) is 9.59 Å². The second-order valence-electron chi connectivity index (χ2n) is 4.83. The number of hydrogen-bond donors (Lipinski definition) is 1. The van der Waals surface area contributed by atoms with E-state index in [0.29, 0.717) is 18.0 Å². The predicted molar refractivity (Wildman–Crippen MR) is 70.8 cm³/mol. The molecule has 1 aliphatic heterocycles. The Morgan fingerprint density at radius 3 is 2.68 bits per heavy atom. The molecule has 19 heavy (non-hydrogen) atoms. The van der Waals surface area contributed by atoms with Crippen molar-refractivity contribution in [3.05, 3.63) is 23.3 Å². The Labute approximate surface area is 111 Å². The Bertz CT molecular complexity index is 538. The number of methoxy groups -OCH3 is 1. The molecule has 2 rings (SSSR count). The van der Waals surface area contributed by atoms with Crippen molar-refractivity contribution in [1.82, 2.24) is 0 Å². The van der Waals surface area contributed by atoms with Crippen LogP contribution in [0.15, 0.2) is 12.1 Å². The van der Waals surface area contributed by atoms with E-state index in [9.17, 15) is 9.59 Å². The SMILES string of the molecule is COc1cc(C)cc2c1N(C(C)=O)CC2CC(=O)O. The van der Waals surface area contributed by atoms with Crippen LogP contribution in [0.3, 0.4) is 0 Å². The zero-order chi connectivity index (χ0) is 14.2. The zero-order valence-electron chi connectivity index (χ0n) is 11.3. The summed E-state index contributed by atoms with van der Waals surface area (Å²) in [5.74, 6) is -0.513. The van der Waals surface area contributed by atoms with Crippen LogP contribution in [0.4, 0.5) is 5.69 Å². The second kappa shape index (κ2) is 4.91. The molecule has 1 aromatic carbocycles. The van der Waals surface area contributed by atoms with Crippen molar-refractivity contribution in [3.8, 4) is 5.75 Å². The van der Waals surface area contributed by atoms with E-state index in [1.54, 1.807) is 12.0 Å². The van der Waals surface area contributed by atoms with Crippen LogP contribution >= 0.6 is 0 Å². The van der Waals surface area contributed by atoms with Gasteiger partial charge >= 0.3 is 5.97 Å². The standard InChI is InChI=1S/C14H17NO4/c1-8-4-11-10(6-13(17)18)7-15(9(2)16)14(11)12(5-8)19-3/h4-5,10H,6-7H2,1-3H3,(H,17,18). The minimum absolute atomic E-state index is 0.0172. The number of aryl methyl sites for hydroxylation is 1. The molecule has 0 saturated heterocycles. The fraction of sp³-hybridized carbons (Fsp3) is 0.429. The highest BCUT2D eigenvalue weighted by Gasteiger charge is 2.34. The number of hydrogen-bond acceptors (Lipinski definition) is 3. The minimum Gasteiger partial charge on any atom is -0.495 e. The number of ether oxygens (including phenoxy) is 1. The van der Waals surface area contributed by atoms with Gasteiger partial charge in [-0.3, -0.25) is 9.59 Å². The molecule has 1 heterocycles. The molecule has 0 aliphatic carbocycles. The topological polar surface area (TPSA) is 66.8 Å². The Hall–Kier alpha value is -2.04. The van der Waals surface area contributed by atoms with Crippen molar-refractivity contribution in [2.24, 2.45) is 0 Å². The molecule has 1 amide bonds. The molecule has 1 unspecified atom stereocenters. The van der Waals surface area contributed by atoms with Gasteiger partial charge in [-0.25, -0.2) is 0 Å². The molecule has 0 saturated carbocycles. The quantitative estimate of drug-likeness (QED) is 0.904. The van der Waals surface area contributed by atoms with Gasteiger partial charge in [0.05, 0.1) is 19.2 Å². The molecule has 1 aliphatic rings. The van der Waals surface area contributed by atoms with Crippen molar-refractivity contribution >= 4 is 17.6 Å². The molecule has 0 bridgehead atoms. The predicted octanol–water partition coefficient (Wildman–Crippen LogP) is 1.93. The highest BCUT2D eigenvalue weighted by atomic mass is 16.5. The number of carboxylic acid groups (broad SMARTS) is 1. The van der Waals surface area contributed by atoms with Crippen LogP contribution in [-0.4, -0.2) is 30.6 Å². The number of nitrogens with zero attached hydrogens (tertiary/aromatic N) is 1. The lowest BCUT2D eigenvalue weighted by molar-refractivity contribution is -0.137. The fourth-order valence-corrected chi connectivity index (χ4v) is 2.61. The van der Waals surface area contributed by atoms with Crippen molar-refractivity contribution in [3.63, 3.8) is 0 Å². The largest absolute Gasteiger partial charge is 0.495 e. The van der Waals surface area contributed by atoms with Crippen molar-refractivity contribution in [2.75, 3.05) is 18.6 Å². The number of anilines is 1. The summed E-state index contributed by atoms with van der Waals surface area (Å²) < 4.78 is 5.33. The van der Waals surface area contributed by atoms with Crippen molar-refractivity contribution in [2.45, 2.75) is 26.2 Å². The minimum atomic E-state index is -0.859. The molecule has 0 spiro atoms. The molecule has 1 aromatic rings. The Balaban J connectivity index is 2.54. The maximum atomic E-state index is 11.7. The van der Waals surface area contributed by atoms with Gasteiger partial charge in [0.25, 0.3) is 0 Å². The molecule has 1 atom stereocenters. The average molecular weight is 263 g/mol. The van der Waals surface area contributed by atoms with Gasteiger partial charge in [0.2, 0.25) is 5.91 Å². The monoisotopic (exact) mass is 263 g/mol. The summed E-state index contributed by atoms with van der Waals surface area (Å²) in [6, 6.07) is 3.80. The van der Waals surface area contributed by atoms with Gasteiger partial charge in [-0.05, 0) is 24.1 Å². The lowest BCUT2D eigenvalue weighted by Crippen LogP contribution is -2.27. The molecule has 0 fully saturated rings. The molecule has 102 valence electrons. The Morgan fingerprint density at radius 1 is 1.47 bits per heavy atom. The third kappa shape index (κ3) is 2.41. The third-order valence-corrected chi connectivity index (χ3v) is 3.38. The maximum Gasteiger partial charge on any atom is 0.304 e. The van der Waals surface area contributed by atoms with Gasteiger partial charge in [-0.2, -0.15) is 0 Å². The first kappa shape index (κ1) is 13.4. The number of benzene rings is 1. The van der Waals surface area contributed by atoms with Gasteiger partial charge in [0.15, 0.2) is 0 Å². The van der Waals surface area contributed by atoms with E-state index < -0.39 is 5.97 Å². The summed E-state index contributed by atoms with van der Waals surface area (Å²) >= 11 is 0. The number of carbonyl (C=O) groups excluding carboxylic acids is 1. The number of aliphatic carboxylic acids is 1. The fourth-order valence-electron chi connectivity index (χ4n) is 2.61. The van der Waals surface area contributed by atoms with Gasteiger partial charge in [0, 0.05) is 19.4 Å². The van der Waals surface area contributed by atoms with Crippen LogP contribution in [0.25, 0.3) is 0 Å². The van der Waals surface area contributed by atoms with Crippen LogP contribution < -0.4 is 9.64 Å². The smallest absolute Gasteiger partial charge is 0.304 e. The van der Waals surface area contributed by atoms with E-state index in [2.05, 4.69) is 0 Å². The lowest BCUT2D eigenvalue weighted by Gasteiger charge is -2.18. The molecular formula is C14H17NO4. The molecule has 0 aromatic heterocycles. The first-order chi connectivity index (χ1) is 8.93. The number of carboxylic acids is 1. The first-order valence-electron chi connectivity index (χ1n) is 6.12. The number of fused-ring (bicyclic) bond motifs is 1. The van der Waals surface area contributed by atoms with Crippen LogP contribution in [0, 0.1) is 6.92 Å². The summed E-state index contributed by atoms with van der Waals surface area (Å²) in [4.78, 5) is 24.3. The highest BCUT2D eigenvalue weighted by Crippen LogP contribution is 2.44. The second-order valence-corrected chi connectivity index (χ2v) is 4.83. The van der Waals surface area contributed by atoms with Crippen LogP contribution in [0.2, 0.25) is 0 Å². The summed E-state index contributed by atoms with van der Waals surface area (Å²) in [6.45, 7) is 3.81. The third-order valence-electron chi connectivity index (χ3n) is 3.38. The highest BCUT2D eigenvalue weighted by molar-refractivity contribution is 5.96. The van der Waals surface area contributed by atoms with Crippen molar-refractivity contribution < 1.29 is 19.4 Å². The Kier molecular flexibility index (Phi) is 3.46. The van der Waals surface area contributed by atoms with Gasteiger partial charge < -0.3 is 14.7 Å².